The Morgan fingerprint density at radius 2 is 2.15 bits per heavy atom. The quantitative estimate of drug-likeness (QED) is 0.369. The summed E-state index contributed by atoms with van der Waals surface area (Å²) in [5.74, 6) is 4.66. The highest BCUT2D eigenvalue weighted by atomic mass is 32.1. The first-order valence-electron chi connectivity index (χ1n) is 8.06. The van der Waals surface area contributed by atoms with E-state index in [1.54, 1.807) is 13.0 Å². The molecule has 7 nitrogen and oxygen atoms in total. The number of aryl methyl sites for hydroxylation is 1. The van der Waals surface area contributed by atoms with Crippen molar-refractivity contribution in [3.05, 3.63) is 35.3 Å². The summed E-state index contributed by atoms with van der Waals surface area (Å²) in [5.41, 5.74) is 6.01. The van der Waals surface area contributed by atoms with Crippen molar-refractivity contribution in [1.29, 1.82) is 0 Å². The first kappa shape index (κ1) is 19.8. The highest BCUT2D eigenvalue weighted by Crippen LogP contribution is 2.33. The molecule has 26 heavy (non-hydrogen) atoms. The Labute approximate surface area is 155 Å². The van der Waals surface area contributed by atoms with Crippen molar-refractivity contribution >= 4 is 40.1 Å². The van der Waals surface area contributed by atoms with Gasteiger partial charge in [0, 0.05) is 0 Å². The fraction of sp³-hybridized carbons (Fsp3) is 0.353. The molecule has 1 amide bonds. The van der Waals surface area contributed by atoms with Crippen LogP contribution in [0, 0.1) is 18.7 Å². The number of halogens is 1. The second kappa shape index (κ2) is 8.24. The fourth-order valence-corrected chi connectivity index (χ4v) is 3.20. The van der Waals surface area contributed by atoms with E-state index in [0.29, 0.717) is 17.7 Å². The van der Waals surface area contributed by atoms with Crippen molar-refractivity contribution in [3.8, 4) is 0 Å². The molecular formula is C17H22FN5O2S. The molecule has 1 unspecified atom stereocenters. The van der Waals surface area contributed by atoms with Crippen LogP contribution in [0.2, 0.25) is 0 Å². The third-order valence-electron chi connectivity index (χ3n) is 3.77. The minimum absolute atomic E-state index is 0.00325. The van der Waals surface area contributed by atoms with Crippen LogP contribution in [0.5, 0.6) is 0 Å². The van der Waals surface area contributed by atoms with Gasteiger partial charge in [0.2, 0.25) is 0 Å². The van der Waals surface area contributed by atoms with Crippen molar-refractivity contribution in [1.82, 2.24) is 4.37 Å². The second-order valence-electron chi connectivity index (χ2n) is 6.38. The number of nitrogens with two attached hydrogens (primary N) is 2. The molecule has 0 fully saturated rings. The molecule has 1 aromatic carbocycles. The zero-order valence-electron chi connectivity index (χ0n) is 14.8. The largest absolute Gasteiger partial charge is 0.366 e. The number of hydrogen-bond donors (Lipinski definition) is 3. The third kappa shape index (κ3) is 4.36. The lowest BCUT2D eigenvalue weighted by molar-refractivity contribution is -0.109. The molecule has 140 valence electrons. The van der Waals surface area contributed by atoms with Gasteiger partial charge in [0.15, 0.2) is 5.82 Å². The molecule has 2 aromatic rings. The Balaban J connectivity index is 2.47. The molecule has 1 aromatic heterocycles. The molecule has 1 heterocycles. The van der Waals surface area contributed by atoms with Crippen LogP contribution in [0.25, 0.3) is 0 Å². The van der Waals surface area contributed by atoms with Crippen LogP contribution in [0.4, 0.5) is 20.8 Å². The summed E-state index contributed by atoms with van der Waals surface area (Å²) in [7, 11) is 0. The minimum atomic E-state index is -0.781. The Morgan fingerprint density at radius 3 is 2.65 bits per heavy atom. The summed E-state index contributed by atoms with van der Waals surface area (Å²) in [6.45, 7) is 5.68. The predicted molar refractivity (Wildman–Crippen MR) is 101 cm³/mol. The number of carbonyl (C=O) groups is 2. The highest BCUT2D eigenvalue weighted by molar-refractivity contribution is 7.10. The highest BCUT2D eigenvalue weighted by Gasteiger charge is 2.24. The fourth-order valence-electron chi connectivity index (χ4n) is 2.53. The lowest BCUT2D eigenvalue weighted by atomic mass is 10.0. The zero-order valence-corrected chi connectivity index (χ0v) is 15.6. The molecule has 0 bridgehead atoms. The number of carbonyl (C=O) groups excluding carboxylic acids is 2. The van der Waals surface area contributed by atoms with E-state index >= 15 is 4.39 Å². The number of amides is 1. The monoisotopic (exact) mass is 379 g/mol. The third-order valence-corrected chi connectivity index (χ3v) is 4.56. The van der Waals surface area contributed by atoms with Gasteiger partial charge in [-0.15, -0.1) is 0 Å². The van der Waals surface area contributed by atoms with Gasteiger partial charge in [0.1, 0.15) is 17.3 Å². The molecule has 0 radical (unpaired) electrons. The van der Waals surface area contributed by atoms with Gasteiger partial charge >= 0.3 is 0 Å². The van der Waals surface area contributed by atoms with Crippen molar-refractivity contribution in [2.75, 3.05) is 10.3 Å². The molecule has 0 aliphatic carbocycles. The number of aldehydes is 1. The number of hydrogen-bond acceptors (Lipinski definition) is 7. The summed E-state index contributed by atoms with van der Waals surface area (Å²) >= 11 is 1.13. The summed E-state index contributed by atoms with van der Waals surface area (Å²) in [4.78, 5) is 23.1. The van der Waals surface area contributed by atoms with Crippen LogP contribution in [-0.2, 0) is 4.79 Å². The van der Waals surface area contributed by atoms with E-state index in [1.807, 2.05) is 13.8 Å². The van der Waals surface area contributed by atoms with Crippen molar-refractivity contribution in [2.24, 2.45) is 17.5 Å². The molecular weight excluding hydrogens is 357 g/mol. The normalized spacial score (nSPS) is 12.1. The van der Waals surface area contributed by atoms with Gasteiger partial charge < -0.3 is 15.8 Å². The SMILES string of the molecule is Cc1cc(Nc2c(C(N)=O)ccc(N(N)C(C=O)CC(C)C)c2F)sn1. The lowest BCUT2D eigenvalue weighted by Gasteiger charge is -2.27. The predicted octanol–water partition coefficient (Wildman–Crippen LogP) is 2.73. The van der Waals surface area contributed by atoms with Gasteiger partial charge in [0.25, 0.3) is 5.91 Å². The standard InChI is InChI=1S/C17H22FN5O2S/c1-9(2)6-11(8-24)23(20)13-5-4-12(17(19)25)16(15(13)18)21-14-7-10(3)22-26-14/h4-5,7-9,11,21H,6,20H2,1-3H3,(H2,19,25). The zero-order chi connectivity index (χ0) is 19.4. The molecule has 1 atom stereocenters. The van der Waals surface area contributed by atoms with E-state index < -0.39 is 17.8 Å². The average Bonchev–Trinajstić information content (AvgIpc) is 2.98. The van der Waals surface area contributed by atoms with Gasteiger partial charge in [-0.25, -0.2) is 10.2 Å². The number of primary amides is 1. The Bertz CT molecular complexity index is 808. The van der Waals surface area contributed by atoms with E-state index in [1.165, 1.54) is 12.1 Å². The molecule has 0 aliphatic rings. The Hall–Kier alpha value is -2.52. The minimum Gasteiger partial charge on any atom is -0.366 e. The maximum absolute atomic E-state index is 15.1. The van der Waals surface area contributed by atoms with Gasteiger partial charge in [-0.2, -0.15) is 4.37 Å². The van der Waals surface area contributed by atoms with Crippen molar-refractivity contribution in [2.45, 2.75) is 33.2 Å². The van der Waals surface area contributed by atoms with Gasteiger partial charge in [-0.1, -0.05) is 13.8 Å². The van der Waals surface area contributed by atoms with Crippen molar-refractivity contribution < 1.29 is 14.0 Å². The topological polar surface area (TPSA) is 114 Å². The lowest BCUT2D eigenvalue weighted by Crippen LogP contribution is -2.43. The number of rotatable bonds is 8. The Morgan fingerprint density at radius 1 is 1.46 bits per heavy atom. The van der Waals surface area contributed by atoms with E-state index in [0.717, 1.165) is 22.2 Å². The molecule has 0 aliphatic heterocycles. The first-order valence-corrected chi connectivity index (χ1v) is 8.83. The van der Waals surface area contributed by atoms with Gasteiger partial charge in [0.05, 0.1) is 22.6 Å². The van der Waals surface area contributed by atoms with Crippen LogP contribution in [0.15, 0.2) is 18.2 Å². The summed E-state index contributed by atoms with van der Waals surface area (Å²) in [6.07, 6.45) is 1.15. The number of nitrogens with one attached hydrogen (secondary N) is 1. The van der Waals surface area contributed by atoms with Crippen LogP contribution < -0.4 is 21.9 Å². The number of hydrazine groups is 1. The van der Waals surface area contributed by atoms with Crippen LogP contribution in [-0.4, -0.2) is 22.6 Å². The van der Waals surface area contributed by atoms with E-state index in [9.17, 15) is 9.59 Å². The molecule has 0 saturated heterocycles. The van der Waals surface area contributed by atoms with Crippen LogP contribution >= 0.6 is 11.5 Å². The maximum atomic E-state index is 15.1. The van der Waals surface area contributed by atoms with E-state index in [4.69, 9.17) is 11.6 Å². The molecule has 5 N–H and O–H groups in total. The van der Waals surface area contributed by atoms with Gasteiger partial charge in [-0.05, 0) is 49.0 Å². The number of aromatic nitrogens is 1. The number of benzene rings is 1. The number of nitrogens with zero attached hydrogens (tertiary/aromatic N) is 2. The van der Waals surface area contributed by atoms with E-state index in [2.05, 4.69) is 9.69 Å². The summed E-state index contributed by atoms with van der Waals surface area (Å²) in [5, 5.41) is 4.48. The maximum Gasteiger partial charge on any atom is 0.250 e. The first-order chi connectivity index (χ1) is 12.2. The molecule has 0 spiro atoms. The molecule has 2 rings (SSSR count). The van der Waals surface area contributed by atoms with Crippen LogP contribution in [0.3, 0.4) is 0 Å². The van der Waals surface area contributed by atoms with Gasteiger partial charge in [-0.3, -0.25) is 9.80 Å². The van der Waals surface area contributed by atoms with Crippen LogP contribution in [0.1, 0.15) is 36.3 Å². The van der Waals surface area contributed by atoms with Crippen molar-refractivity contribution in [3.63, 3.8) is 0 Å². The average molecular weight is 379 g/mol. The second-order valence-corrected chi connectivity index (χ2v) is 7.19. The summed E-state index contributed by atoms with van der Waals surface area (Å²) < 4.78 is 19.3. The van der Waals surface area contributed by atoms with E-state index in [-0.39, 0.29) is 22.9 Å². The molecule has 0 saturated carbocycles. The number of anilines is 3. The molecule has 9 heteroatoms. The Kier molecular flexibility index (Phi) is 6.27. The summed E-state index contributed by atoms with van der Waals surface area (Å²) in [6, 6.07) is 3.75. The smallest absolute Gasteiger partial charge is 0.250 e.